The molecule has 2 rings (SSSR count). The topological polar surface area (TPSA) is 66.5 Å². The van der Waals surface area contributed by atoms with Crippen LogP contribution in [-0.2, 0) is 10.0 Å². The van der Waals surface area contributed by atoms with Gasteiger partial charge in [0.2, 0.25) is 10.0 Å². The van der Waals surface area contributed by atoms with Crippen molar-refractivity contribution in [2.24, 2.45) is 5.92 Å². The van der Waals surface area contributed by atoms with Crippen molar-refractivity contribution < 1.29 is 13.2 Å². The molecule has 1 aromatic carbocycles. The summed E-state index contributed by atoms with van der Waals surface area (Å²) in [5, 5.41) is 0. The molecule has 1 aliphatic rings. The molecule has 6 heteroatoms. The third kappa shape index (κ3) is 3.50. The predicted octanol–water partition coefficient (Wildman–Crippen LogP) is 2.25. The van der Waals surface area contributed by atoms with Gasteiger partial charge in [-0.3, -0.25) is 4.79 Å². The Kier molecular flexibility index (Phi) is 5.24. The Morgan fingerprint density at radius 2 is 2.09 bits per heavy atom. The van der Waals surface area contributed by atoms with Crippen molar-refractivity contribution in [2.45, 2.75) is 44.0 Å². The van der Waals surface area contributed by atoms with Gasteiger partial charge in [-0.2, -0.15) is 0 Å². The molecule has 0 aromatic heterocycles. The van der Waals surface area contributed by atoms with Crippen LogP contribution in [-0.4, -0.2) is 38.9 Å². The van der Waals surface area contributed by atoms with E-state index in [1.807, 2.05) is 4.90 Å². The van der Waals surface area contributed by atoms with Gasteiger partial charge in [-0.05, 0) is 50.9 Å². The van der Waals surface area contributed by atoms with Crippen LogP contribution < -0.4 is 4.72 Å². The lowest BCUT2D eigenvalue weighted by molar-refractivity contribution is 0.0556. The average Bonchev–Trinajstić information content (AvgIpc) is 2.54. The first-order valence-electron chi connectivity index (χ1n) is 7.73. The molecule has 0 bridgehead atoms. The number of nitrogens with one attached hydrogen (secondary N) is 1. The molecular formula is C16H24N2O3S. The van der Waals surface area contributed by atoms with E-state index in [1.54, 1.807) is 12.1 Å². The smallest absolute Gasteiger partial charge is 0.254 e. The molecule has 122 valence electrons. The number of sulfonamides is 1. The third-order valence-corrected chi connectivity index (χ3v) is 5.89. The first-order valence-corrected chi connectivity index (χ1v) is 9.22. The van der Waals surface area contributed by atoms with Crippen LogP contribution in [0.2, 0.25) is 0 Å². The molecule has 0 unspecified atom stereocenters. The van der Waals surface area contributed by atoms with Gasteiger partial charge in [-0.15, -0.1) is 0 Å². The molecule has 1 fully saturated rings. The number of hydrogen-bond acceptors (Lipinski definition) is 3. The van der Waals surface area contributed by atoms with Crippen molar-refractivity contribution >= 4 is 15.9 Å². The maximum Gasteiger partial charge on any atom is 0.254 e. The lowest BCUT2D eigenvalue weighted by Gasteiger charge is -2.38. The quantitative estimate of drug-likeness (QED) is 0.924. The summed E-state index contributed by atoms with van der Waals surface area (Å²) < 4.78 is 26.0. The second-order valence-corrected chi connectivity index (χ2v) is 7.78. The minimum absolute atomic E-state index is 0.0844. The molecule has 0 aliphatic carbocycles. The molecule has 2 atom stereocenters. The molecule has 1 aliphatic heterocycles. The molecule has 1 aromatic rings. The van der Waals surface area contributed by atoms with Crippen LogP contribution in [0.4, 0.5) is 0 Å². The molecule has 1 saturated heterocycles. The molecule has 1 N–H and O–H groups in total. The molecule has 0 spiro atoms. The van der Waals surface area contributed by atoms with Crippen molar-refractivity contribution in [3.05, 3.63) is 29.8 Å². The van der Waals surface area contributed by atoms with Crippen molar-refractivity contribution in [3.8, 4) is 0 Å². The van der Waals surface area contributed by atoms with E-state index in [4.69, 9.17) is 0 Å². The van der Waals surface area contributed by atoms with Gasteiger partial charge in [-0.25, -0.2) is 13.1 Å². The Morgan fingerprint density at radius 3 is 2.73 bits per heavy atom. The van der Waals surface area contributed by atoms with Crippen LogP contribution in [0.5, 0.6) is 0 Å². The fourth-order valence-corrected chi connectivity index (χ4v) is 3.65. The number of likely N-dealkylation sites (tertiary alicyclic amines) is 1. The highest BCUT2D eigenvalue weighted by Gasteiger charge is 2.29. The first kappa shape index (κ1) is 17.0. The summed E-state index contributed by atoms with van der Waals surface area (Å²) in [6, 6.07) is 6.44. The van der Waals surface area contributed by atoms with Crippen LogP contribution in [0.1, 0.15) is 43.5 Å². The lowest BCUT2D eigenvalue weighted by Crippen LogP contribution is -2.45. The number of hydrogen-bond donors (Lipinski definition) is 1. The summed E-state index contributed by atoms with van der Waals surface area (Å²) >= 11 is 0. The molecule has 1 amide bonds. The second kappa shape index (κ2) is 6.79. The van der Waals surface area contributed by atoms with Crippen LogP contribution in [0.25, 0.3) is 0 Å². The van der Waals surface area contributed by atoms with Gasteiger partial charge in [0.15, 0.2) is 0 Å². The van der Waals surface area contributed by atoms with E-state index >= 15 is 0 Å². The minimum Gasteiger partial charge on any atom is -0.336 e. The van der Waals surface area contributed by atoms with Crippen molar-refractivity contribution in [3.63, 3.8) is 0 Å². The number of nitrogens with zero attached hydrogens (tertiary/aromatic N) is 1. The molecule has 5 nitrogen and oxygen atoms in total. The Hall–Kier alpha value is -1.40. The summed E-state index contributed by atoms with van der Waals surface area (Å²) in [7, 11) is -2.17. The van der Waals surface area contributed by atoms with E-state index in [-0.39, 0.29) is 16.8 Å². The van der Waals surface area contributed by atoms with Crippen molar-refractivity contribution in [1.29, 1.82) is 0 Å². The fourth-order valence-electron chi connectivity index (χ4n) is 2.88. The van der Waals surface area contributed by atoms with Crippen molar-refractivity contribution in [1.82, 2.24) is 9.62 Å². The first-order chi connectivity index (χ1) is 10.4. The minimum atomic E-state index is -3.53. The Labute approximate surface area is 132 Å². The monoisotopic (exact) mass is 324 g/mol. The highest BCUT2D eigenvalue weighted by molar-refractivity contribution is 7.89. The molecule has 0 radical (unpaired) electrons. The van der Waals surface area contributed by atoms with Crippen LogP contribution in [0, 0.1) is 5.92 Å². The van der Waals surface area contributed by atoms with Gasteiger partial charge in [-0.1, -0.05) is 19.4 Å². The zero-order chi connectivity index (χ0) is 16.3. The van der Waals surface area contributed by atoms with E-state index < -0.39 is 10.0 Å². The number of carbonyl (C=O) groups is 1. The molecule has 1 heterocycles. The maximum atomic E-state index is 12.7. The van der Waals surface area contributed by atoms with Gasteiger partial charge in [0, 0.05) is 18.2 Å². The van der Waals surface area contributed by atoms with Crippen molar-refractivity contribution in [2.75, 3.05) is 13.6 Å². The number of piperidine rings is 1. The summed E-state index contributed by atoms with van der Waals surface area (Å²) in [6.07, 6.45) is 3.21. The van der Waals surface area contributed by atoms with E-state index in [2.05, 4.69) is 18.6 Å². The summed E-state index contributed by atoms with van der Waals surface area (Å²) in [4.78, 5) is 14.8. The zero-order valence-electron chi connectivity index (χ0n) is 13.4. The number of rotatable bonds is 4. The molecule has 22 heavy (non-hydrogen) atoms. The van der Waals surface area contributed by atoms with Crippen LogP contribution in [0.3, 0.4) is 0 Å². The average molecular weight is 324 g/mol. The number of benzene rings is 1. The second-order valence-electron chi connectivity index (χ2n) is 5.89. The number of carbonyl (C=O) groups excluding carboxylic acids is 1. The van der Waals surface area contributed by atoms with E-state index in [1.165, 1.54) is 19.2 Å². The van der Waals surface area contributed by atoms with E-state index in [9.17, 15) is 13.2 Å². The predicted molar refractivity (Wildman–Crippen MR) is 86.2 cm³/mol. The SMILES string of the molecule is CC[C@H]1CC[C@@H](C)N(C(=O)c2cccc(S(=O)(=O)NC)c2)C1. The van der Waals surface area contributed by atoms with Gasteiger partial charge in [0.25, 0.3) is 5.91 Å². The van der Waals surface area contributed by atoms with Crippen LogP contribution >= 0.6 is 0 Å². The lowest BCUT2D eigenvalue weighted by atomic mass is 9.91. The highest BCUT2D eigenvalue weighted by atomic mass is 32.2. The van der Waals surface area contributed by atoms with E-state index in [0.29, 0.717) is 11.5 Å². The number of amides is 1. The Balaban J connectivity index is 2.27. The summed E-state index contributed by atoms with van der Waals surface area (Å²) in [5.74, 6) is 0.447. The zero-order valence-corrected chi connectivity index (χ0v) is 14.2. The fraction of sp³-hybridized carbons (Fsp3) is 0.562. The third-order valence-electron chi connectivity index (χ3n) is 4.48. The van der Waals surface area contributed by atoms with E-state index in [0.717, 1.165) is 25.8 Å². The van der Waals surface area contributed by atoms with Gasteiger partial charge in [0.1, 0.15) is 0 Å². The van der Waals surface area contributed by atoms with Gasteiger partial charge < -0.3 is 4.90 Å². The summed E-state index contributed by atoms with van der Waals surface area (Å²) in [5.41, 5.74) is 0.430. The maximum absolute atomic E-state index is 12.7. The largest absolute Gasteiger partial charge is 0.336 e. The molecule has 0 saturated carbocycles. The van der Waals surface area contributed by atoms with Gasteiger partial charge in [0.05, 0.1) is 4.90 Å². The van der Waals surface area contributed by atoms with Gasteiger partial charge >= 0.3 is 0 Å². The standard InChI is InChI=1S/C16H24N2O3S/c1-4-13-9-8-12(2)18(11-13)16(19)14-6-5-7-15(10-14)22(20,21)17-3/h5-7,10,12-13,17H,4,8-9,11H2,1-3H3/t12-,13+/m1/s1. The normalized spacial score (nSPS) is 22.6. The highest BCUT2D eigenvalue weighted by Crippen LogP contribution is 2.26. The summed E-state index contributed by atoms with van der Waals surface area (Å²) in [6.45, 7) is 4.95. The van der Waals surface area contributed by atoms with Crippen LogP contribution in [0.15, 0.2) is 29.2 Å². The Morgan fingerprint density at radius 1 is 1.36 bits per heavy atom. The Bertz CT molecular complexity index is 643. The molecular weight excluding hydrogens is 300 g/mol.